The van der Waals surface area contributed by atoms with Gasteiger partial charge in [0.15, 0.2) is 5.16 Å². The first-order chi connectivity index (χ1) is 9.22. The maximum absolute atomic E-state index is 11.3. The van der Waals surface area contributed by atoms with Crippen molar-refractivity contribution in [2.75, 3.05) is 18.2 Å². The summed E-state index contributed by atoms with van der Waals surface area (Å²) < 4.78 is 4.85. The molecule has 1 fully saturated rings. The maximum Gasteiger partial charge on any atom is 0.330 e. The number of hydrogen-bond donors (Lipinski definition) is 1. The van der Waals surface area contributed by atoms with Gasteiger partial charge in [-0.25, -0.2) is 14.8 Å². The molecule has 1 heterocycles. The third-order valence-electron chi connectivity index (χ3n) is 2.58. The Morgan fingerprint density at radius 3 is 3.05 bits per heavy atom. The standard InChI is InChI=1S/C13H17N3O2S/c1-3-18-11(17)7-4-9-8-14-13(19-2)16-12(9)15-10-5-6-10/h4,7-8,10H,3,5-6H2,1-2H3,(H,14,15,16)/b7-4+. The van der Waals surface area contributed by atoms with Crippen molar-refractivity contribution in [1.29, 1.82) is 0 Å². The highest BCUT2D eigenvalue weighted by molar-refractivity contribution is 7.98. The smallest absolute Gasteiger partial charge is 0.330 e. The molecule has 1 aliphatic rings. The lowest BCUT2D eigenvalue weighted by Crippen LogP contribution is -2.06. The van der Waals surface area contributed by atoms with E-state index in [4.69, 9.17) is 4.74 Å². The van der Waals surface area contributed by atoms with Crippen LogP contribution in [0.3, 0.4) is 0 Å². The Morgan fingerprint density at radius 1 is 1.63 bits per heavy atom. The third-order valence-corrected chi connectivity index (χ3v) is 3.14. The fourth-order valence-corrected chi connectivity index (χ4v) is 1.82. The molecule has 102 valence electrons. The third kappa shape index (κ3) is 4.24. The lowest BCUT2D eigenvalue weighted by Gasteiger charge is -2.08. The number of carbonyl (C=O) groups is 1. The van der Waals surface area contributed by atoms with Crippen LogP contribution < -0.4 is 5.32 Å². The number of nitrogens with zero attached hydrogens (tertiary/aromatic N) is 2. The first-order valence-electron chi connectivity index (χ1n) is 6.25. The molecule has 0 aromatic carbocycles. The molecule has 1 aromatic rings. The normalized spacial score (nSPS) is 14.6. The molecule has 6 heteroatoms. The van der Waals surface area contributed by atoms with Crippen molar-refractivity contribution in [2.24, 2.45) is 0 Å². The van der Waals surface area contributed by atoms with Crippen molar-refractivity contribution >= 4 is 29.6 Å². The molecular formula is C13H17N3O2S. The Kier molecular flexibility index (Phi) is 4.79. The van der Waals surface area contributed by atoms with Crippen molar-refractivity contribution < 1.29 is 9.53 Å². The summed E-state index contributed by atoms with van der Waals surface area (Å²) in [5.41, 5.74) is 0.803. The second-order valence-electron chi connectivity index (χ2n) is 4.16. The maximum atomic E-state index is 11.3. The van der Waals surface area contributed by atoms with E-state index in [-0.39, 0.29) is 5.97 Å². The predicted octanol–water partition coefficient (Wildman–Crippen LogP) is 2.35. The average molecular weight is 279 g/mol. The Balaban J connectivity index is 2.15. The van der Waals surface area contributed by atoms with Crippen LogP contribution in [-0.4, -0.2) is 34.8 Å². The van der Waals surface area contributed by atoms with E-state index in [1.165, 1.54) is 30.7 Å². The van der Waals surface area contributed by atoms with Gasteiger partial charge in [-0.1, -0.05) is 11.8 Å². The number of esters is 1. The molecule has 1 aromatic heterocycles. The summed E-state index contributed by atoms with van der Waals surface area (Å²) in [6, 6.07) is 0.499. The van der Waals surface area contributed by atoms with Gasteiger partial charge >= 0.3 is 5.97 Å². The van der Waals surface area contributed by atoms with E-state index in [0.717, 1.165) is 16.5 Å². The minimum Gasteiger partial charge on any atom is -0.463 e. The number of hydrogen-bond acceptors (Lipinski definition) is 6. The van der Waals surface area contributed by atoms with Crippen molar-refractivity contribution in [3.8, 4) is 0 Å². The predicted molar refractivity (Wildman–Crippen MR) is 76.1 cm³/mol. The number of anilines is 1. The van der Waals surface area contributed by atoms with E-state index in [9.17, 15) is 4.79 Å². The summed E-state index contributed by atoms with van der Waals surface area (Å²) in [6.45, 7) is 2.15. The van der Waals surface area contributed by atoms with Gasteiger partial charge < -0.3 is 10.1 Å². The van der Waals surface area contributed by atoms with Gasteiger partial charge in [0, 0.05) is 23.9 Å². The minimum atomic E-state index is -0.353. The molecule has 1 N–H and O–H groups in total. The summed E-state index contributed by atoms with van der Waals surface area (Å²) in [4.78, 5) is 20.0. The molecule has 0 atom stereocenters. The molecule has 0 bridgehead atoms. The zero-order valence-electron chi connectivity index (χ0n) is 11.0. The Hall–Kier alpha value is -1.56. The zero-order valence-corrected chi connectivity index (χ0v) is 11.9. The fourth-order valence-electron chi connectivity index (χ4n) is 1.48. The van der Waals surface area contributed by atoms with Crippen LogP contribution in [0.15, 0.2) is 17.4 Å². The molecule has 0 spiro atoms. The van der Waals surface area contributed by atoms with Crippen LogP contribution in [0, 0.1) is 0 Å². The van der Waals surface area contributed by atoms with Crippen LogP contribution >= 0.6 is 11.8 Å². The SMILES string of the molecule is CCOC(=O)/C=C/c1cnc(SC)nc1NC1CC1. The summed E-state index contributed by atoms with van der Waals surface area (Å²) in [5.74, 6) is 0.427. The van der Waals surface area contributed by atoms with E-state index in [1.807, 2.05) is 6.26 Å². The molecule has 0 aliphatic heterocycles. The van der Waals surface area contributed by atoms with E-state index < -0.39 is 0 Å². The first-order valence-corrected chi connectivity index (χ1v) is 7.47. The van der Waals surface area contributed by atoms with Gasteiger partial charge in [0.25, 0.3) is 0 Å². The summed E-state index contributed by atoms with van der Waals surface area (Å²) in [6.07, 6.45) is 9.08. The van der Waals surface area contributed by atoms with E-state index in [2.05, 4.69) is 15.3 Å². The van der Waals surface area contributed by atoms with Gasteiger partial charge in [0.05, 0.1) is 6.61 Å². The van der Waals surface area contributed by atoms with Crippen LogP contribution in [0.4, 0.5) is 5.82 Å². The quantitative estimate of drug-likeness (QED) is 0.373. The van der Waals surface area contributed by atoms with Crippen molar-refractivity contribution in [3.63, 3.8) is 0 Å². The molecule has 1 aliphatic carbocycles. The van der Waals surface area contributed by atoms with E-state index in [1.54, 1.807) is 19.2 Å². The van der Waals surface area contributed by atoms with Crippen molar-refractivity contribution in [1.82, 2.24) is 9.97 Å². The fraction of sp³-hybridized carbons (Fsp3) is 0.462. The van der Waals surface area contributed by atoms with Crippen LogP contribution in [0.2, 0.25) is 0 Å². The second-order valence-corrected chi connectivity index (χ2v) is 4.94. The summed E-state index contributed by atoms with van der Waals surface area (Å²) in [5, 5.41) is 4.07. The molecular weight excluding hydrogens is 262 g/mol. The highest BCUT2D eigenvalue weighted by Gasteiger charge is 2.22. The van der Waals surface area contributed by atoms with Crippen LogP contribution in [0.25, 0.3) is 6.08 Å². The van der Waals surface area contributed by atoms with Gasteiger partial charge in [-0.05, 0) is 32.1 Å². The number of aromatic nitrogens is 2. The topological polar surface area (TPSA) is 64.1 Å². The average Bonchev–Trinajstić information content (AvgIpc) is 3.21. The molecule has 0 amide bonds. The van der Waals surface area contributed by atoms with Gasteiger partial charge in [-0.2, -0.15) is 0 Å². The number of carbonyl (C=O) groups excluding carboxylic acids is 1. The molecule has 1 saturated carbocycles. The van der Waals surface area contributed by atoms with E-state index >= 15 is 0 Å². The van der Waals surface area contributed by atoms with Gasteiger partial charge in [0.1, 0.15) is 5.82 Å². The number of nitrogens with one attached hydrogen (secondary N) is 1. The first kappa shape index (κ1) is 13.9. The number of ether oxygens (including phenoxy) is 1. The molecule has 0 unspecified atom stereocenters. The van der Waals surface area contributed by atoms with Crippen molar-refractivity contribution in [2.45, 2.75) is 31.0 Å². The largest absolute Gasteiger partial charge is 0.463 e. The molecule has 0 saturated heterocycles. The highest BCUT2D eigenvalue weighted by atomic mass is 32.2. The molecule has 0 radical (unpaired) electrons. The monoisotopic (exact) mass is 279 g/mol. The molecule has 19 heavy (non-hydrogen) atoms. The van der Waals surface area contributed by atoms with Crippen LogP contribution in [0.5, 0.6) is 0 Å². The molecule has 5 nitrogen and oxygen atoms in total. The van der Waals surface area contributed by atoms with Gasteiger partial charge in [-0.15, -0.1) is 0 Å². The highest BCUT2D eigenvalue weighted by Crippen LogP contribution is 2.26. The number of rotatable bonds is 6. The molecule has 2 rings (SSSR count). The van der Waals surface area contributed by atoms with Gasteiger partial charge in [-0.3, -0.25) is 0 Å². The number of thioether (sulfide) groups is 1. The second kappa shape index (κ2) is 6.56. The lowest BCUT2D eigenvalue weighted by molar-refractivity contribution is -0.137. The van der Waals surface area contributed by atoms with Crippen LogP contribution in [-0.2, 0) is 9.53 Å². The summed E-state index contributed by atoms with van der Waals surface area (Å²) >= 11 is 1.49. The van der Waals surface area contributed by atoms with E-state index in [0.29, 0.717) is 12.6 Å². The Morgan fingerprint density at radius 2 is 2.42 bits per heavy atom. The Bertz CT molecular complexity index is 487. The van der Waals surface area contributed by atoms with Gasteiger partial charge in [0.2, 0.25) is 0 Å². The summed E-state index contributed by atoms with van der Waals surface area (Å²) in [7, 11) is 0. The lowest BCUT2D eigenvalue weighted by atomic mass is 10.2. The zero-order chi connectivity index (χ0) is 13.7. The van der Waals surface area contributed by atoms with Crippen molar-refractivity contribution in [3.05, 3.63) is 17.8 Å². The van der Waals surface area contributed by atoms with Crippen LogP contribution in [0.1, 0.15) is 25.3 Å². The minimum absolute atomic E-state index is 0.353. The Labute approximate surface area is 116 Å².